The number of aromatic nitrogens is 2. The molecular formula is C15H17BrN4O3S. The largest absolute Gasteiger partial charge is 0.497 e. The number of rotatable bonds is 6. The number of carbonyl (C=O) groups excluding carboxylic acids is 1. The van der Waals surface area contributed by atoms with Crippen molar-refractivity contribution in [3.63, 3.8) is 0 Å². The van der Waals surface area contributed by atoms with Gasteiger partial charge < -0.3 is 9.47 Å². The molecule has 0 saturated carbocycles. The molecule has 7 nitrogen and oxygen atoms in total. The van der Waals surface area contributed by atoms with E-state index in [9.17, 15) is 4.79 Å². The van der Waals surface area contributed by atoms with E-state index in [-0.39, 0.29) is 5.91 Å². The summed E-state index contributed by atoms with van der Waals surface area (Å²) in [5.74, 6) is 1.31. The molecule has 0 aliphatic heterocycles. The standard InChI is InChI=1S/C15H17BrN4O3S/c1-20(13-12(16)8-17-15(18-13)24-4)19-14(21)9-5-10(22-2)7-11(6-9)23-3/h5-8H,1-4H3,(H,19,21). The molecule has 0 spiro atoms. The molecule has 0 saturated heterocycles. The molecule has 0 unspecified atom stereocenters. The number of benzene rings is 1. The number of methoxy groups -OCH3 is 2. The lowest BCUT2D eigenvalue weighted by atomic mass is 10.2. The molecule has 2 rings (SSSR count). The highest BCUT2D eigenvalue weighted by Crippen LogP contribution is 2.25. The molecule has 9 heteroatoms. The van der Waals surface area contributed by atoms with Gasteiger partial charge in [0.15, 0.2) is 11.0 Å². The Morgan fingerprint density at radius 1 is 1.25 bits per heavy atom. The second-order valence-electron chi connectivity index (χ2n) is 4.63. The SMILES string of the molecule is COc1cc(OC)cc(C(=O)NN(C)c2nc(SC)ncc2Br)c1. The van der Waals surface area contributed by atoms with Crippen LogP contribution in [0.15, 0.2) is 34.0 Å². The van der Waals surface area contributed by atoms with Crippen LogP contribution in [0.2, 0.25) is 0 Å². The highest BCUT2D eigenvalue weighted by atomic mass is 79.9. The van der Waals surface area contributed by atoms with Gasteiger partial charge in [-0.1, -0.05) is 11.8 Å². The first-order chi connectivity index (χ1) is 11.5. The van der Waals surface area contributed by atoms with E-state index in [0.29, 0.717) is 32.5 Å². The van der Waals surface area contributed by atoms with Crippen molar-refractivity contribution in [2.75, 3.05) is 32.5 Å². The van der Waals surface area contributed by atoms with Crippen molar-refractivity contribution >= 4 is 39.4 Å². The van der Waals surface area contributed by atoms with Gasteiger partial charge in [0.2, 0.25) is 0 Å². The van der Waals surface area contributed by atoms with E-state index < -0.39 is 0 Å². The quantitative estimate of drug-likeness (QED) is 0.443. The molecule has 1 N–H and O–H groups in total. The number of halogens is 1. The van der Waals surface area contributed by atoms with E-state index in [4.69, 9.17) is 9.47 Å². The molecule has 1 aromatic heterocycles. The Balaban J connectivity index is 2.23. The minimum Gasteiger partial charge on any atom is -0.497 e. The molecule has 128 valence electrons. The summed E-state index contributed by atoms with van der Waals surface area (Å²) in [7, 11) is 4.77. The molecule has 1 aromatic carbocycles. The fraction of sp³-hybridized carbons (Fsp3) is 0.267. The Kier molecular flexibility index (Phi) is 6.27. The zero-order chi connectivity index (χ0) is 17.7. The van der Waals surface area contributed by atoms with Gasteiger partial charge in [0.05, 0.1) is 18.7 Å². The summed E-state index contributed by atoms with van der Waals surface area (Å²) >= 11 is 4.80. The number of nitrogens with one attached hydrogen (secondary N) is 1. The molecule has 1 amide bonds. The Hall–Kier alpha value is -2.00. The third-order valence-corrected chi connectivity index (χ3v) is 4.21. The van der Waals surface area contributed by atoms with E-state index in [1.165, 1.54) is 31.0 Å². The number of hydrazine groups is 1. The van der Waals surface area contributed by atoms with Crippen LogP contribution in [0.25, 0.3) is 0 Å². The van der Waals surface area contributed by atoms with E-state index in [1.807, 2.05) is 6.26 Å². The summed E-state index contributed by atoms with van der Waals surface area (Å²) in [5, 5.41) is 2.14. The summed E-state index contributed by atoms with van der Waals surface area (Å²) in [5.41, 5.74) is 3.17. The number of carbonyl (C=O) groups is 1. The molecule has 0 aliphatic carbocycles. The average Bonchev–Trinajstić information content (AvgIpc) is 2.61. The lowest BCUT2D eigenvalue weighted by Gasteiger charge is -2.20. The van der Waals surface area contributed by atoms with E-state index in [0.717, 1.165) is 0 Å². The Bertz CT molecular complexity index is 722. The summed E-state index contributed by atoms with van der Waals surface area (Å²) in [6.45, 7) is 0. The molecule has 0 atom stereocenters. The van der Waals surface area contributed by atoms with Crippen molar-refractivity contribution in [3.8, 4) is 11.5 Å². The number of thioether (sulfide) groups is 1. The van der Waals surface area contributed by atoms with Crippen LogP contribution < -0.4 is 19.9 Å². The van der Waals surface area contributed by atoms with Gasteiger partial charge in [0.1, 0.15) is 11.5 Å². The number of hydrogen-bond acceptors (Lipinski definition) is 7. The second kappa shape index (κ2) is 8.20. The summed E-state index contributed by atoms with van der Waals surface area (Å²) in [6.07, 6.45) is 3.53. The highest BCUT2D eigenvalue weighted by molar-refractivity contribution is 9.10. The van der Waals surface area contributed by atoms with Gasteiger partial charge in [0, 0.05) is 24.9 Å². The molecule has 0 bridgehead atoms. The van der Waals surface area contributed by atoms with Crippen LogP contribution in [0.3, 0.4) is 0 Å². The van der Waals surface area contributed by atoms with Crippen LogP contribution in [0.1, 0.15) is 10.4 Å². The maximum absolute atomic E-state index is 12.5. The van der Waals surface area contributed by atoms with Gasteiger partial charge in [-0.15, -0.1) is 0 Å². The molecule has 24 heavy (non-hydrogen) atoms. The monoisotopic (exact) mass is 412 g/mol. The van der Waals surface area contributed by atoms with E-state index in [2.05, 4.69) is 31.3 Å². The first-order valence-corrected chi connectivity index (χ1v) is 8.84. The third kappa shape index (κ3) is 4.30. The number of nitrogens with zero attached hydrogens (tertiary/aromatic N) is 3. The zero-order valence-corrected chi connectivity index (χ0v) is 16.1. The number of hydrogen-bond donors (Lipinski definition) is 1. The Morgan fingerprint density at radius 2 is 1.88 bits per heavy atom. The van der Waals surface area contributed by atoms with Crippen molar-refractivity contribution in [1.82, 2.24) is 15.4 Å². The fourth-order valence-corrected chi connectivity index (χ4v) is 2.68. The fourth-order valence-electron chi connectivity index (χ4n) is 1.88. The third-order valence-electron chi connectivity index (χ3n) is 3.09. The van der Waals surface area contributed by atoms with Crippen molar-refractivity contribution < 1.29 is 14.3 Å². The number of ether oxygens (including phenoxy) is 2. The normalized spacial score (nSPS) is 10.2. The van der Waals surface area contributed by atoms with Crippen LogP contribution in [0.4, 0.5) is 5.82 Å². The molecule has 0 fully saturated rings. The lowest BCUT2D eigenvalue weighted by molar-refractivity contribution is 0.0950. The highest BCUT2D eigenvalue weighted by Gasteiger charge is 2.15. The number of anilines is 1. The van der Waals surface area contributed by atoms with Crippen molar-refractivity contribution in [2.24, 2.45) is 0 Å². The first kappa shape index (κ1) is 18.3. The van der Waals surface area contributed by atoms with Crippen LogP contribution in [-0.4, -0.2) is 43.4 Å². The van der Waals surface area contributed by atoms with Crippen LogP contribution >= 0.6 is 27.7 Å². The van der Waals surface area contributed by atoms with Gasteiger partial charge in [-0.25, -0.2) is 9.97 Å². The lowest BCUT2D eigenvalue weighted by Crippen LogP contribution is -2.40. The van der Waals surface area contributed by atoms with Crippen LogP contribution in [0, 0.1) is 0 Å². The molecule has 0 radical (unpaired) electrons. The summed E-state index contributed by atoms with van der Waals surface area (Å²) in [6, 6.07) is 4.97. The van der Waals surface area contributed by atoms with Crippen molar-refractivity contribution in [2.45, 2.75) is 5.16 Å². The minimum atomic E-state index is -0.314. The molecule has 0 aliphatic rings. The smallest absolute Gasteiger partial charge is 0.270 e. The van der Waals surface area contributed by atoms with E-state index in [1.54, 1.807) is 31.4 Å². The average molecular weight is 413 g/mol. The van der Waals surface area contributed by atoms with Crippen LogP contribution in [-0.2, 0) is 0 Å². The predicted molar refractivity (Wildman–Crippen MR) is 96.9 cm³/mol. The zero-order valence-electron chi connectivity index (χ0n) is 13.7. The van der Waals surface area contributed by atoms with Gasteiger partial charge in [-0.05, 0) is 34.3 Å². The van der Waals surface area contributed by atoms with Crippen LogP contribution in [0.5, 0.6) is 11.5 Å². The predicted octanol–water partition coefficient (Wildman–Crippen LogP) is 2.76. The summed E-state index contributed by atoms with van der Waals surface area (Å²) < 4.78 is 11.0. The van der Waals surface area contributed by atoms with Gasteiger partial charge in [-0.2, -0.15) is 0 Å². The Morgan fingerprint density at radius 3 is 2.42 bits per heavy atom. The number of amides is 1. The minimum absolute atomic E-state index is 0.314. The van der Waals surface area contributed by atoms with Gasteiger partial charge in [0.25, 0.3) is 5.91 Å². The second-order valence-corrected chi connectivity index (χ2v) is 6.26. The Labute approximate surface area is 152 Å². The molecule has 2 aromatic rings. The summed E-state index contributed by atoms with van der Waals surface area (Å²) in [4.78, 5) is 21.0. The van der Waals surface area contributed by atoms with Crippen molar-refractivity contribution in [1.29, 1.82) is 0 Å². The van der Waals surface area contributed by atoms with Gasteiger partial charge in [-0.3, -0.25) is 15.2 Å². The molecule has 1 heterocycles. The van der Waals surface area contributed by atoms with Gasteiger partial charge >= 0.3 is 0 Å². The first-order valence-electron chi connectivity index (χ1n) is 6.82. The van der Waals surface area contributed by atoms with Crippen molar-refractivity contribution in [3.05, 3.63) is 34.4 Å². The van der Waals surface area contributed by atoms with E-state index >= 15 is 0 Å². The maximum atomic E-state index is 12.5. The topological polar surface area (TPSA) is 76.6 Å². The maximum Gasteiger partial charge on any atom is 0.270 e. The molecular weight excluding hydrogens is 396 g/mol.